The number of Topliss-reactive ketones (excluding diaryl/α,β-unsaturated/α-hetero) is 1. The molecule has 0 aromatic heterocycles. The molecule has 0 atom stereocenters. The van der Waals surface area contributed by atoms with Gasteiger partial charge in [0.15, 0.2) is 0 Å². The second kappa shape index (κ2) is 6.29. The second-order valence-electron chi connectivity index (χ2n) is 2.75. The summed E-state index contributed by atoms with van der Waals surface area (Å²) < 4.78 is 8.19. The van der Waals surface area contributed by atoms with Gasteiger partial charge in [-0.15, -0.1) is 0 Å². The molecule has 80 valence electrons. The summed E-state index contributed by atoms with van der Waals surface area (Å²) in [5, 5.41) is 0. The Balaban J connectivity index is 2.46. The van der Waals surface area contributed by atoms with E-state index in [9.17, 15) is 9.59 Å². The minimum atomic E-state index is -1.21. The summed E-state index contributed by atoms with van der Waals surface area (Å²) in [6.07, 6.45) is 0.132. The average Bonchev–Trinajstić information content (AvgIpc) is 2.19. The normalized spacial score (nSPS) is 10.1. The van der Waals surface area contributed by atoms with Gasteiger partial charge < -0.3 is 0 Å². The Morgan fingerprint density at radius 3 is 2.43 bits per heavy atom. The molecule has 0 bridgehead atoms. The molecule has 1 N–H and O–H groups in total. The van der Waals surface area contributed by atoms with Gasteiger partial charge in [0.2, 0.25) is 0 Å². The summed E-state index contributed by atoms with van der Waals surface area (Å²) in [5.41, 5.74) is 0.901. The Morgan fingerprint density at radius 1 is 1.21 bits per heavy atom. The summed E-state index contributed by atoms with van der Waals surface area (Å²) in [7, 11) is 0. The van der Waals surface area contributed by atoms with Crippen molar-refractivity contribution in [2.24, 2.45) is 0 Å². The zero-order valence-electron chi connectivity index (χ0n) is 7.35. The first-order valence-corrected chi connectivity index (χ1v) is 5.76. The Bertz CT molecular complexity index is 321. The van der Waals surface area contributed by atoms with Gasteiger partial charge in [-0.3, -0.25) is 0 Å². The second-order valence-corrected chi connectivity index (χ2v) is 4.19. The fourth-order valence-electron chi connectivity index (χ4n) is 1.05. The summed E-state index contributed by atoms with van der Waals surface area (Å²) >= 11 is -1.21. The molecular weight excluding hydrogens is 335 g/mol. The molecule has 0 saturated heterocycles. The molecule has 0 saturated carbocycles. The van der Waals surface area contributed by atoms with Gasteiger partial charge in [0.25, 0.3) is 0 Å². The van der Waals surface area contributed by atoms with Crippen molar-refractivity contribution in [3.8, 4) is 0 Å². The molecule has 0 aliphatic heterocycles. The number of carbonyl (C=O) groups is 2. The molecule has 4 heteroatoms. The van der Waals surface area contributed by atoms with Crippen LogP contribution in [-0.4, -0.2) is 9.59 Å². The average molecular weight is 345 g/mol. The number of carbonyl (C=O) groups excluding carboxylic acids is 2. The van der Waals surface area contributed by atoms with Crippen LogP contribution in [0.5, 0.6) is 0 Å². The van der Waals surface area contributed by atoms with E-state index in [1.807, 2.05) is 30.3 Å². The molecule has 0 radical (unpaired) electrons. The van der Waals surface area contributed by atoms with Crippen molar-refractivity contribution in [2.75, 3.05) is 0 Å². The molecule has 1 aromatic carbocycles. The summed E-state index contributed by atoms with van der Waals surface area (Å²) in [6, 6.07) is 9.25. The standard InChI is InChI=1S/C10H9O2.Er.H2O/c11-7-6-10(12)8-9-4-2-1-3-5-9;;/h1-5H,6,8H2;;1H2/q;+1;/p-1. The van der Waals surface area contributed by atoms with E-state index in [1.54, 1.807) is 0 Å². The third-order valence-electron chi connectivity index (χ3n) is 1.64. The van der Waals surface area contributed by atoms with E-state index in [4.69, 9.17) is 1.87 Å². The molecule has 14 heavy (non-hydrogen) atoms. The van der Waals surface area contributed by atoms with Crippen LogP contribution in [-0.2, 0) is 16.0 Å². The molecule has 0 fully saturated rings. The van der Waals surface area contributed by atoms with E-state index in [1.165, 1.54) is 0 Å². The van der Waals surface area contributed by atoms with Crippen LogP contribution < -0.4 is 0 Å². The quantitative estimate of drug-likeness (QED) is 0.800. The third-order valence-corrected chi connectivity index (χ3v) is 2.43. The van der Waals surface area contributed by atoms with Crippen molar-refractivity contribution in [1.29, 1.82) is 0 Å². The zero-order valence-corrected chi connectivity index (χ0v) is 9.21. The third kappa shape index (κ3) is 4.32. The fourth-order valence-corrected chi connectivity index (χ4v) is 1.56. The maximum atomic E-state index is 11.3. The summed E-state index contributed by atoms with van der Waals surface area (Å²) in [6.45, 7) is 0. The summed E-state index contributed by atoms with van der Waals surface area (Å²) in [4.78, 5) is 22.0. The topological polar surface area (TPSA) is 54.4 Å². The van der Waals surface area contributed by atoms with Crippen LogP contribution >= 0.6 is 0 Å². The van der Waals surface area contributed by atoms with Crippen LogP contribution in [0, 0.1) is 34.0 Å². The Labute approximate surface area is 101 Å². The van der Waals surface area contributed by atoms with E-state index in [2.05, 4.69) is 0 Å². The van der Waals surface area contributed by atoms with Crippen molar-refractivity contribution in [3.05, 3.63) is 35.9 Å². The number of rotatable bonds is 5. The van der Waals surface area contributed by atoms with E-state index in [0.717, 1.165) is 5.56 Å². The van der Waals surface area contributed by atoms with Crippen LogP contribution in [0.15, 0.2) is 30.3 Å². The Hall–Kier alpha value is -0.233. The molecule has 1 rings (SSSR count). The van der Waals surface area contributed by atoms with Crippen LogP contribution in [0.1, 0.15) is 12.0 Å². The molecule has 0 spiro atoms. The van der Waals surface area contributed by atoms with Crippen LogP contribution in [0.4, 0.5) is 0 Å². The number of hydrogen-bond donors (Lipinski definition) is 1. The van der Waals surface area contributed by atoms with Gasteiger partial charge >= 0.3 is 102 Å². The Morgan fingerprint density at radius 2 is 1.86 bits per heavy atom. The predicted octanol–water partition coefficient (Wildman–Crippen LogP) is 0.707. The van der Waals surface area contributed by atoms with Gasteiger partial charge in [-0.25, -0.2) is 0 Å². The Kier molecular flexibility index (Phi) is 5.32. The number of hydrogen-bond acceptors (Lipinski definition) is 3. The van der Waals surface area contributed by atoms with Crippen molar-refractivity contribution in [1.82, 2.24) is 0 Å². The zero-order chi connectivity index (χ0) is 10.4. The van der Waals surface area contributed by atoms with Crippen LogP contribution in [0.2, 0.25) is 0 Å². The van der Waals surface area contributed by atoms with Gasteiger partial charge in [-0.1, -0.05) is 0 Å². The van der Waals surface area contributed by atoms with Gasteiger partial charge in [0.1, 0.15) is 0 Å². The molecule has 1 aromatic rings. The first kappa shape index (κ1) is 11.8. The minimum absolute atomic E-state index is 0.136. The van der Waals surface area contributed by atoms with Crippen LogP contribution in [0.3, 0.4) is 0 Å². The van der Waals surface area contributed by atoms with E-state index in [-0.39, 0.29) is 20.6 Å². The molecule has 0 aliphatic carbocycles. The van der Waals surface area contributed by atoms with Crippen molar-refractivity contribution in [2.45, 2.75) is 12.8 Å². The predicted molar refractivity (Wildman–Crippen MR) is 47.0 cm³/mol. The first-order chi connectivity index (χ1) is 6.72. The maximum absolute atomic E-state index is 11.3. The molecule has 0 unspecified atom stereocenters. The van der Waals surface area contributed by atoms with Gasteiger partial charge in [0.05, 0.1) is 0 Å². The van der Waals surface area contributed by atoms with Crippen molar-refractivity contribution >= 4 is 7.73 Å². The molecule has 0 amide bonds. The fraction of sp³-hybridized carbons (Fsp3) is 0.200. The monoisotopic (exact) mass is 344 g/mol. The molecule has 0 heterocycles. The SMILES string of the molecule is O=C(C[C](=O)[Er][OH])Cc1ccccc1. The van der Waals surface area contributed by atoms with Gasteiger partial charge in [0, 0.05) is 0 Å². The van der Waals surface area contributed by atoms with E-state index >= 15 is 0 Å². The van der Waals surface area contributed by atoms with Gasteiger partial charge in [-0.05, 0) is 0 Å². The van der Waals surface area contributed by atoms with Gasteiger partial charge in [-0.2, -0.15) is 0 Å². The van der Waals surface area contributed by atoms with Crippen molar-refractivity contribution in [3.63, 3.8) is 0 Å². The summed E-state index contributed by atoms with van der Waals surface area (Å²) in [5.74, 6) is -0.136. The number of benzene rings is 1. The molecular formula is C10H10ErO3. The van der Waals surface area contributed by atoms with E-state index < -0.39 is 34.0 Å². The molecule has 3 nitrogen and oxygen atoms in total. The van der Waals surface area contributed by atoms with Crippen molar-refractivity contribution < 1.29 is 45.5 Å². The first-order valence-electron chi connectivity index (χ1n) is 4.01. The van der Waals surface area contributed by atoms with E-state index in [0.29, 0.717) is 0 Å². The van der Waals surface area contributed by atoms with Crippen LogP contribution in [0.25, 0.3) is 0 Å². The number of ketones is 1. The molecule has 0 aliphatic rings.